The molecule has 0 bridgehead atoms. The number of benzene rings is 2. The Morgan fingerprint density at radius 1 is 0.900 bits per heavy atom. The molecular formula is C24H24BrN3OS. The van der Waals surface area contributed by atoms with Gasteiger partial charge in [-0.3, -0.25) is 4.79 Å². The van der Waals surface area contributed by atoms with Gasteiger partial charge < -0.3 is 9.80 Å². The van der Waals surface area contributed by atoms with Gasteiger partial charge in [0.1, 0.15) is 5.82 Å². The number of anilines is 1. The lowest BCUT2D eigenvalue weighted by molar-refractivity contribution is -0.128. The molecule has 4 nitrogen and oxygen atoms in total. The van der Waals surface area contributed by atoms with E-state index in [0.717, 1.165) is 36.5 Å². The van der Waals surface area contributed by atoms with Crippen LogP contribution in [0.25, 0.3) is 0 Å². The van der Waals surface area contributed by atoms with E-state index in [0.29, 0.717) is 5.75 Å². The van der Waals surface area contributed by atoms with E-state index in [1.165, 1.54) is 11.1 Å². The van der Waals surface area contributed by atoms with Gasteiger partial charge in [0.2, 0.25) is 5.91 Å². The van der Waals surface area contributed by atoms with Gasteiger partial charge in [-0.15, -0.1) is 11.8 Å². The van der Waals surface area contributed by atoms with E-state index >= 15 is 0 Å². The van der Waals surface area contributed by atoms with Crippen molar-refractivity contribution in [3.63, 3.8) is 0 Å². The molecule has 1 fully saturated rings. The molecule has 2 aromatic carbocycles. The first-order valence-corrected chi connectivity index (χ1v) is 11.9. The van der Waals surface area contributed by atoms with Crippen LogP contribution in [-0.4, -0.2) is 47.7 Å². The molecule has 0 radical (unpaired) electrons. The van der Waals surface area contributed by atoms with Crippen molar-refractivity contribution in [2.75, 3.05) is 36.8 Å². The Morgan fingerprint density at radius 2 is 1.50 bits per heavy atom. The summed E-state index contributed by atoms with van der Waals surface area (Å²) in [7, 11) is 0. The number of halogens is 1. The lowest BCUT2D eigenvalue weighted by Gasteiger charge is -2.35. The minimum absolute atomic E-state index is 0.157. The topological polar surface area (TPSA) is 36.4 Å². The maximum atomic E-state index is 12.9. The van der Waals surface area contributed by atoms with Crippen molar-refractivity contribution in [1.82, 2.24) is 9.88 Å². The van der Waals surface area contributed by atoms with E-state index in [1.54, 1.807) is 11.8 Å². The van der Waals surface area contributed by atoms with Gasteiger partial charge in [-0.05, 0) is 39.2 Å². The Bertz CT molecular complexity index is 906. The average Bonchev–Trinajstić information content (AvgIpc) is 2.81. The Morgan fingerprint density at radius 3 is 2.03 bits per heavy atom. The smallest absolute Gasteiger partial charge is 0.232 e. The van der Waals surface area contributed by atoms with Crippen LogP contribution in [0.1, 0.15) is 16.4 Å². The van der Waals surface area contributed by atoms with E-state index in [9.17, 15) is 4.79 Å². The number of rotatable bonds is 6. The highest BCUT2D eigenvalue weighted by Gasteiger charge is 2.23. The standard InChI is InChI=1S/C24H24BrN3OS/c25-21-11-12-22(26-17-21)27-13-15-28(16-14-27)23(29)18-30-24(19-7-3-1-4-8-19)20-9-5-2-6-10-20/h1-12,17,24H,13-16,18H2. The monoisotopic (exact) mass is 481 g/mol. The normalized spacial score (nSPS) is 14.2. The maximum Gasteiger partial charge on any atom is 0.232 e. The van der Waals surface area contributed by atoms with Gasteiger partial charge in [-0.1, -0.05) is 60.7 Å². The molecule has 1 aliphatic rings. The zero-order valence-corrected chi connectivity index (χ0v) is 19.1. The lowest BCUT2D eigenvalue weighted by Crippen LogP contribution is -2.49. The number of hydrogen-bond acceptors (Lipinski definition) is 4. The Hall–Kier alpha value is -2.31. The van der Waals surface area contributed by atoms with Crippen LogP contribution < -0.4 is 4.90 Å². The molecule has 1 aromatic heterocycles. The minimum atomic E-state index is 0.157. The number of amides is 1. The highest BCUT2D eigenvalue weighted by molar-refractivity contribution is 9.10. The van der Waals surface area contributed by atoms with Crippen molar-refractivity contribution in [3.8, 4) is 0 Å². The number of hydrogen-bond donors (Lipinski definition) is 0. The quantitative estimate of drug-likeness (QED) is 0.495. The fraction of sp³-hybridized carbons (Fsp3) is 0.250. The molecule has 0 spiro atoms. The SMILES string of the molecule is O=C(CSC(c1ccccc1)c1ccccc1)N1CCN(c2ccc(Br)cn2)CC1. The number of thioether (sulfide) groups is 1. The number of carbonyl (C=O) groups is 1. The highest BCUT2D eigenvalue weighted by Crippen LogP contribution is 2.35. The molecule has 1 aliphatic heterocycles. The molecular weight excluding hydrogens is 458 g/mol. The fourth-order valence-corrected chi connectivity index (χ4v) is 5.05. The summed E-state index contributed by atoms with van der Waals surface area (Å²) in [5, 5.41) is 0.157. The molecule has 6 heteroatoms. The Balaban J connectivity index is 1.36. The van der Waals surface area contributed by atoms with Crippen molar-refractivity contribution in [1.29, 1.82) is 0 Å². The Labute approximate surface area is 190 Å². The average molecular weight is 482 g/mol. The van der Waals surface area contributed by atoms with Crippen LogP contribution in [0.4, 0.5) is 5.82 Å². The molecule has 154 valence electrons. The van der Waals surface area contributed by atoms with Gasteiger partial charge in [0, 0.05) is 36.8 Å². The molecule has 0 saturated carbocycles. The molecule has 3 aromatic rings. The summed E-state index contributed by atoms with van der Waals surface area (Å²) in [4.78, 5) is 21.6. The van der Waals surface area contributed by atoms with Crippen LogP contribution in [0.2, 0.25) is 0 Å². The molecule has 0 N–H and O–H groups in total. The second-order valence-electron chi connectivity index (χ2n) is 7.21. The summed E-state index contributed by atoms with van der Waals surface area (Å²) < 4.78 is 0.975. The zero-order valence-electron chi connectivity index (χ0n) is 16.7. The van der Waals surface area contributed by atoms with Crippen LogP contribution in [0, 0.1) is 0 Å². The third kappa shape index (κ3) is 5.24. The molecule has 4 rings (SSSR count). The van der Waals surface area contributed by atoms with Crippen LogP contribution >= 0.6 is 27.7 Å². The van der Waals surface area contributed by atoms with Gasteiger partial charge in [-0.25, -0.2) is 4.98 Å². The summed E-state index contributed by atoms with van der Waals surface area (Å²) >= 11 is 5.13. The first kappa shape index (κ1) is 20.9. The molecule has 1 amide bonds. The highest BCUT2D eigenvalue weighted by atomic mass is 79.9. The van der Waals surface area contributed by atoms with Crippen LogP contribution in [0.5, 0.6) is 0 Å². The van der Waals surface area contributed by atoms with E-state index in [1.807, 2.05) is 35.4 Å². The molecule has 0 unspecified atom stereocenters. The van der Waals surface area contributed by atoms with Crippen LogP contribution in [-0.2, 0) is 4.79 Å². The first-order valence-electron chi connectivity index (χ1n) is 10.1. The van der Waals surface area contributed by atoms with Crippen molar-refractivity contribution in [2.24, 2.45) is 0 Å². The predicted molar refractivity (Wildman–Crippen MR) is 128 cm³/mol. The maximum absolute atomic E-state index is 12.9. The van der Waals surface area contributed by atoms with E-state index in [4.69, 9.17) is 0 Å². The van der Waals surface area contributed by atoms with Crippen LogP contribution in [0.3, 0.4) is 0 Å². The zero-order chi connectivity index (χ0) is 20.8. The lowest BCUT2D eigenvalue weighted by atomic mass is 10.0. The van der Waals surface area contributed by atoms with Gasteiger partial charge >= 0.3 is 0 Å². The number of pyridine rings is 1. The third-order valence-electron chi connectivity index (χ3n) is 5.25. The molecule has 0 aliphatic carbocycles. The second-order valence-corrected chi connectivity index (χ2v) is 9.22. The van der Waals surface area contributed by atoms with Gasteiger partial charge in [-0.2, -0.15) is 0 Å². The van der Waals surface area contributed by atoms with E-state index in [-0.39, 0.29) is 11.2 Å². The van der Waals surface area contributed by atoms with Gasteiger partial charge in [0.25, 0.3) is 0 Å². The predicted octanol–water partition coefficient (Wildman–Crippen LogP) is 5.02. The van der Waals surface area contributed by atoms with Crippen molar-refractivity contribution in [3.05, 3.63) is 94.6 Å². The molecule has 1 saturated heterocycles. The van der Waals surface area contributed by atoms with Crippen molar-refractivity contribution in [2.45, 2.75) is 5.25 Å². The van der Waals surface area contributed by atoms with E-state index < -0.39 is 0 Å². The number of carbonyl (C=O) groups excluding carboxylic acids is 1. The summed E-state index contributed by atoms with van der Waals surface area (Å²) in [6.07, 6.45) is 1.82. The molecule has 2 heterocycles. The minimum Gasteiger partial charge on any atom is -0.353 e. The molecule has 0 atom stereocenters. The Kier molecular flexibility index (Phi) is 7.07. The van der Waals surface area contributed by atoms with Gasteiger partial charge in [0.15, 0.2) is 0 Å². The third-order valence-corrected chi connectivity index (χ3v) is 7.01. The van der Waals surface area contributed by atoms with Gasteiger partial charge in [0.05, 0.1) is 11.0 Å². The summed E-state index contributed by atoms with van der Waals surface area (Å²) in [6.45, 7) is 3.09. The van der Waals surface area contributed by atoms with Crippen LogP contribution in [0.15, 0.2) is 83.5 Å². The van der Waals surface area contributed by atoms with E-state index in [2.05, 4.69) is 74.3 Å². The number of piperazine rings is 1. The fourth-order valence-electron chi connectivity index (χ4n) is 3.63. The second kappa shape index (κ2) is 10.1. The number of aromatic nitrogens is 1. The van der Waals surface area contributed by atoms with Crippen molar-refractivity contribution < 1.29 is 4.79 Å². The van der Waals surface area contributed by atoms with Crippen molar-refractivity contribution >= 4 is 39.4 Å². The number of nitrogens with zero attached hydrogens (tertiary/aromatic N) is 3. The first-order chi connectivity index (χ1) is 14.7. The summed E-state index contributed by atoms with van der Waals surface area (Å²) in [6, 6.07) is 24.9. The molecule has 30 heavy (non-hydrogen) atoms. The summed E-state index contributed by atoms with van der Waals surface area (Å²) in [5.41, 5.74) is 2.46. The largest absolute Gasteiger partial charge is 0.353 e. The summed E-state index contributed by atoms with van der Waals surface area (Å²) in [5.74, 6) is 1.65.